The summed E-state index contributed by atoms with van der Waals surface area (Å²) in [7, 11) is -7.45. The summed E-state index contributed by atoms with van der Waals surface area (Å²) < 4.78 is 113. The molecule has 0 amide bonds. The van der Waals surface area contributed by atoms with Crippen LogP contribution in [0.5, 0.6) is 0 Å². The summed E-state index contributed by atoms with van der Waals surface area (Å²) in [5, 5.41) is 6.60. The Morgan fingerprint density at radius 3 is 1.52 bits per heavy atom. The summed E-state index contributed by atoms with van der Waals surface area (Å²) in [6, 6.07) is 20.7. The number of alkyl halides is 2. The van der Waals surface area contributed by atoms with Gasteiger partial charge in [-0.25, -0.2) is 25.6 Å². The Morgan fingerprint density at radius 1 is 0.682 bits per heavy atom. The summed E-state index contributed by atoms with van der Waals surface area (Å²) in [6.45, 7) is 5.31. The van der Waals surface area contributed by atoms with Crippen LogP contribution >= 0.6 is 23.2 Å². The van der Waals surface area contributed by atoms with Crippen LogP contribution in [-0.4, -0.2) is 99.9 Å². The molecule has 13 nitrogen and oxygen atoms in total. The number of hydrogen-bond acceptors (Lipinski definition) is 11. The van der Waals surface area contributed by atoms with E-state index < -0.39 is 44.0 Å². The number of carbonyl (C=O) groups excluding carboxylic acids is 1. The number of nitrogens with two attached hydrogens (primary N) is 1. The van der Waals surface area contributed by atoms with Crippen LogP contribution in [0.25, 0.3) is 11.5 Å². The van der Waals surface area contributed by atoms with Crippen molar-refractivity contribution in [2.75, 3.05) is 65.9 Å². The first-order chi connectivity index (χ1) is 31.5. The van der Waals surface area contributed by atoms with Crippen molar-refractivity contribution < 1.29 is 43.6 Å². The van der Waals surface area contributed by atoms with E-state index in [2.05, 4.69) is 20.0 Å². The molecule has 4 aromatic carbocycles. The lowest BCUT2D eigenvalue weighted by atomic mass is 10.1. The number of ketones is 1. The second-order valence-electron chi connectivity index (χ2n) is 15.9. The molecule has 21 heteroatoms. The van der Waals surface area contributed by atoms with Crippen molar-refractivity contribution in [1.82, 2.24) is 20.0 Å². The molecule has 2 N–H and O–H groups in total. The van der Waals surface area contributed by atoms with Crippen molar-refractivity contribution in [3.8, 4) is 11.5 Å². The van der Waals surface area contributed by atoms with Crippen LogP contribution in [0.15, 0.2) is 89.3 Å². The third kappa shape index (κ3) is 14.0. The van der Waals surface area contributed by atoms with E-state index in [4.69, 9.17) is 33.4 Å². The molecule has 3 heterocycles. The Bertz CT molecular complexity index is 2620. The normalized spacial score (nSPS) is 14.7. The maximum absolute atomic E-state index is 13.7. The van der Waals surface area contributed by atoms with Crippen molar-refractivity contribution in [3.05, 3.63) is 129 Å². The standard InChI is InChI=1S/C23H24ClF3N4O3S.C22H27ClFN3O3S/c24-19-14-18(8-9-20(19)25)31(35(32,33)13-3-12-30-10-1-2-11-30)15-16-4-6-17(7-5-16)22-28-29-23(34-22)21(26)27;23-20-14-19(8-9-21(20)24)27(16-17-4-6-18(7-5-17)22(28)15-25)31(29,30)13-3-12-26-10-1-2-11-26/h4-9,14,21H,1-3,10-13,15H2;4-9,14H,1-3,10-13,15-16,25H2. The molecule has 0 saturated carbocycles. The first-order valence-electron chi connectivity index (χ1n) is 21.4. The van der Waals surface area contributed by atoms with Gasteiger partial charge in [-0.2, -0.15) is 8.78 Å². The zero-order valence-electron chi connectivity index (χ0n) is 36.0. The number of Topliss-reactive ketones (excluding diaryl/α,β-unsaturated/α-hetero) is 1. The van der Waals surface area contributed by atoms with Gasteiger partial charge in [0.25, 0.3) is 5.89 Å². The van der Waals surface area contributed by atoms with Crippen molar-refractivity contribution in [2.45, 2.75) is 58.0 Å². The van der Waals surface area contributed by atoms with Crippen LogP contribution in [0.2, 0.25) is 10.0 Å². The zero-order valence-corrected chi connectivity index (χ0v) is 39.1. The van der Waals surface area contributed by atoms with Crippen LogP contribution in [0, 0.1) is 11.6 Å². The Hall–Kier alpha value is -4.63. The summed E-state index contributed by atoms with van der Waals surface area (Å²) in [6.07, 6.45) is 2.65. The molecule has 66 heavy (non-hydrogen) atoms. The molecule has 0 bridgehead atoms. The van der Waals surface area contributed by atoms with Gasteiger partial charge in [-0.3, -0.25) is 13.4 Å². The lowest BCUT2D eigenvalue weighted by Gasteiger charge is -2.25. The molecule has 0 spiro atoms. The van der Waals surface area contributed by atoms with Gasteiger partial charge in [0, 0.05) is 11.1 Å². The minimum atomic E-state index is -3.76. The van der Waals surface area contributed by atoms with Crippen LogP contribution in [0.1, 0.15) is 72.3 Å². The lowest BCUT2D eigenvalue weighted by Crippen LogP contribution is -2.34. The Balaban J connectivity index is 0.000000220. The van der Waals surface area contributed by atoms with Crippen LogP contribution < -0.4 is 14.3 Å². The minimum Gasteiger partial charge on any atom is -0.415 e. The molecule has 2 aliphatic rings. The number of likely N-dealkylation sites (tertiary alicyclic amines) is 2. The predicted octanol–water partition coefficient (Wildman–Crippen LogP) is 8.73. The molecule has 2 fully saturated rings. The van der Waals surface area contributed by atoms with E-state index in [1.807, 2.05) is 0 Å². The smallest absolute Gasteiger partial charge is 0.314 e. The van der Waals surface area contributed by atoms with Crippen LogP contribution in [0.4, 0.5) is 28.9 Å². The van der Waals surface area contributed by atoms with Gasteiger partial charge in [0.2, 0.25) is 25.9 Å². The molecule has 7 rings (SSSR count). The zero-order chi connectivity index (χ0) is 47.4. The maximum atomic E-state index is 13.7. The summed E-state index contributed by atoms with van der Waals surface area (Å²) in [5.74, 6) is -2.39. The Kier molecular flexibility index (Phi) is 18.0. The summed E-state index contributed by atoms with van der Waals surface area (Å²) in [5.41, 5.74) is 8.13. The minimum absolute atomic E-state index is 0.0256. The predicted molar refractivity (Wildman–Crippen MR) is 248 cm³/mol. The van der Waals surface area contributed by atoms with E-state index in [1.165, 1.54) is 32.9 Å². The first kappa shape index (κ1) is 50.8. The Morgan fingerprint density at radius 2 is 1.12 bits per heavy atom. The highest BCUT2D eigenvalue weighted by Crippen LogP contribution is 2.30. The molecule has 2 aliphatic heterocycles. The quantitative estimate of drug-likeness (QED) is 0.0586. The number of nitrogens with zero attached hydrogens (tertiary/aromatic N) is 6. The number of halogens is 6. The number of rotatable bonds is 20. The largest absolute Gasteiger partial charge is 0.415 e. The van der Waals surface area contributed by atoms with Gasteiger partial charge in [0.05, 0.1) is 52.6 Å². The molecule has 2 saturated heterocycles. The van der Waals surface area contributed by atoms with Gasteiger partial charge in [0.1, 0.15) is 11.6 Å². The number of carbonyl (C=O) groups is 1. The van der Waals surface area contributed by atoms with Gasteiger partial charge in [-0.05, 0) is 137 Å². The highest BCUT2D eigenvalue weighted by molar-refractivity contribution is 7.93. The van der Waals surface area contributed by atoms with Gasteiger partial charge in [-0.1, -0.05) is 59.6 Å². The van der Waals surface area contributed by atoms with Gasteiger partial charge >= 0.3 is 6.43 Å². The molecule has 0 atom stereocenters. The number of sulfonamides is 2. The summed E-state index contributed by atoms with van der Waals surface area (Å²) >= 11 is 11.9. The SMILES string of the molecule is NCC(=O)c1ccc(CN(c2ccc(F)c(Cl)c2)S(=O)(=O)CCCN2CCCC2)cc1.O=S(=O)(CCCN1CCCC1)N(Cc1ccc(-c2nnc(C(F)F)o2)cc1)c1ccc(F)c(Cl)c1. The number of hydrogen-bond donors (Lipinski definition) is 1. The van der Waals surface area contributed by atoms with E-state index in [1.54, 1.807) is 48.5 Å². The third-order valence-electron chi connectivity index (χ3n) is 11.1. The fourth-order valence-electron chi connectivity index (χ4n) is 7.59. The van der Waals surface area contributed by atoms with E-state index in [9.17, 15) is 39.2 Å². The number of anilines is 2. The average molecular weight is 997 g/mol. The van der Waals surface area contributed by atoms with Gasteiger partial charge in [0.15, 0.2) is 5.78 Å². The Labute approximate surface area is 392 Å². The highest BCUT2D eigenvalue weighted by atomic mass is 35.5. The molecule has 356 valence electrons. The van der Waals surface area contributed by atoms with Crippen molar-refractivity contribution in [2.24, 2.45) is 5.73 Å². The lowest BCUT2D eigenvalue weighted by molar-refractivity contribution is 0.100. The monoisotopic (exact) mass is 995 g/mol. The molecule has 0 unspecified atom stereocenters. The van der Waals surface area contributed by atoms with Crippen molar-refractivity contribution in [1.29, 1.82) is 0 Å². The molecule has 1 aromatic heterocycles. The van der Waals surface area contributed by atoms with E-state index in [-0.39, 0.29) is 58.5 Å². The van der Waals surface area contributed by atoms with Crippen molar-refractivity contribution >= 4 is 60.4 Å². The van der Waals surface area contributed by atoms with E-state index in [0.717, 1.165) is 70.5 Å². The highest BCUT2D eigenvalue weighted by Gasteiger charge is 2.27. The third-order valence-corrected chi connectivity index (χ3v) is 15.4. The van der Waals surface area contributed by atoms with Crippen LogP contribution in [0.3, 0.4) is 0 Å². The average Bonchev–Trinajstić information content (AvgIpc) is 4.12. The van der Waals surface area contributed by atoms with E-state index >= 15 is 0 Å². The van der Waals surface area contributed by atoms with Gasteiger partial charge < -0.3 is 20.0 Å². The maximum Gasteiger partial charge on any atom is 0.314 e. The molecule has 0 aliphatic carbocycles. The summed E-state index contributed by atoms with van der Waals surface area (Å²) in [4.78, 5) is 16.2. The topological polar surface area (TPSA) is 163 Å². The second-order valence-corrected chi connectivity index (χ2v) is 20.8. The van der Waals surface area contributed by atoms with Gasteiger partial charge in [-0.15, -0.1) is 10.2 Å². The van der Waals surface area contributed by atoms with E-state index in [0.29, 0.717) is 47.3 Å². The fraction of sp³-hybridized carbons (Fsp3) is 0.400. The number of benzene rings is 4. The molecule has 0 radical (unpaired) electrons. The molecular formula is C45H51Cl2F4N7O6S2. The first-order valence-corrected chi connectivity index (χ1v) is 25.4. The fourth-order valence-corrected chi connectivity index (χ4v) is 10.9. The van der Waals surface area contributed by atoms with Crippen molar-refractivity contribution in [3.63, 3.8) is 0 Å². The molecule has 5 aromatic rings. The second kappa shape index (κ2) is 23.4. The molecular weight excluding hydrogens is 946 g/mol. The van der Waals surface area contributed by atoms with Crippen LogP contribution in [-0.2, 0) is 33.1 Å². The number of aromatic nitrogens is 2.